The van der Waals surface area contributed by atoms with E-state index in [1.807, 2.05) is 12.1 Å². The standard InChI is InChI=1S/C12H9N3O2S2/c16-8-5-9(17)14-11-10(8)19-12(15-11)18-6-7-1-3-13-4-2-7/h1-5H,6H2,(H2,14,16,17). The van der Waals surface area contributed by atoms with Crippen LogP contribution in [0.3, 0.4) is 0 Å². The van der Waals surface area contributed by atoms with Crippen molar-refractivity contribution in [3.8, 4) is 5.75 Å². The van der Waals surface area contributed by atoms with Crippen LogP contribution in [-0.2, 0) is 5.75 Å². The Morgan fingerprint density at radius 2 is 2.16 bits per heavy atom. The number of fused-ring (bicyclic) bond motifs is 1. The van der Waals surface area contributed by atoms with Crippen LogP contribution in [0.25, 0.3) is 10.3 Å². The van der Waals surface area contributed by atoms with Gasteiger partial charge in [-0.25, -0.2) is 4.98 Å². The highest BCUT2D eigenvalue weighted by molar-refractivity contribution is 8.00. The Morgan fingerprint density at radius 3 is 2.95 bits per heavy atom. The van der Waals surface area contributed by atoms with E-state index in [2.05, 4.69) is 15.0 Å². The van der Waals surface area contributed by atoms with E-state index >= 15 is 0 Å². The van der Waals surface area contributed by atoms with Gasteiger partial charge in [0.15, 0.2) is 9.99 Å². The Kier molecular flexibility index (Phi) is 3.22. The Bertz CT molecular complexity index is 767. The Morgan fingerprint density at radius 1 is 1.37 bits per heavy atom. The number of aromatic amines is 1. The average Bonchev–Trinajstić information content (AvgIpc) is 2.81. The van der Waals surface area contributed by atoms with Gasteiger partial charge in [-0.15, -0.1) is 11.3 Å². The summed E-state index contributed by atoms with van der Waals surface area (Å²) in [6.45, 7) is 0. The average molecular weight is 291 g/mol. The van der Waals surface area contributed by atoms with E-state index < -0.39 is 0 Å². The number of H-pyrrole nitrogens is 1. The molecule has 5 nitrogen and oxygen atoms in total. The van der Waals surface area contributed by atoms with Crippen LogP contribution in [0.5, 0.6) is 5.75 Å². The second-order valence-electron chi connectivity index (χ2n) is 3.82. The van der Waals surface area contributed by atoms with Crippen molar-refractivity contribution in [3.63, 3.8) is 0 Å². The second kappa shape index (κ2) is 5.02. The number of pyridine rings is 2. The summed E-state index contributed by atoms with van der Waals surface area (Å²) in [6, 6.07) is 5.05. The van der Waals surface area contributed by atoms with E-state index in [0.717, 1.165) is 21.7 Å². The van der Waals surface area contributed by atoms with Crippen molar-refractivity contribution in [2.24, 2.45) is 0 Å². The molecule has 0 unspecified atom stereocenters. The van der Waals surface area contributed by atoms with E-state index in [1.165, 1.54) is 11.3 Å². The van der Waals surface area contributed by atoms with E-state index in [0.29, 0.717) is 10.3 Å². The molecular formula is C12H9N3O2S2. The van der Waals surface area contributed by atoms with Crippen LogP contribution in [0, 0.1) is 0 Å². The van der Waals surface area contributed by atoms with Gasteiger partial charge in [-0.2, -0.15) is 0 Å². The number of aromatic hydroxyl groups is 1. The third-order valence-corrected chi connectivity index (χ3v) is 4.75. The van der Waals surface area contributed by atoms with Gasteiger partial charge in [0.2, 0.25) is 0 Å². The molecule has 0 spiro atoms. The lowest BCUT2D eigenvalue weighted by atomic mass is 10.3. The first-order valence-corrected chi connectivity index (χ1v) is 7.27. The van der Waals surface area contributed by atoms with Gasteiger partial charge in [-0.3, -0.25) is 9.78 Å². The first-order chi connectivity index (χ1) is 9.22. The minimum absolute atomic E-state index is 0.0213. The molecule has 0 saturated heterocycles. The minimum Gasteiger partial charge on any atom is -0.506 e. The van der Waals surface area contributed by atoms with Crippen molar-refractivity contribution in [1.29, 1.82) is 0 Å². The maximum absolute atomic E-state index is 11.2. The molecule has 7 heteroatoms. The van der Waals surface area contributed by atoms with E-state index in [9.17, 15) is 9.90 Å². The molecule has 96 valence electrons. The molecule has 3 aromatic heterocycles. The normalized spacial score (nSPS) is 10.9. The number of nitrogens with one attached hydrogen (secondary N) is 1. The fourth-order valence-electron chi connectivity index (χ4n) is 1.59. The molecule has 0 aliphatic heterocycles. The zero-order valence-corrected chi connectivity index (χ0v) is 11.3. The van der Waals surface area contributed by atoms with Crippen LogP contribution in [-0.4, -0.2) is 20.1 Å². The number of hydrogen-bond acceptors (Lipinski definition) is 6. The monoisotopic (exact) mass is 291 g/mol. The fourth-order valence-corrected chi connectivity index (χ4v) is 3.56. The molecule has 0 aliphatic carbocycles. The van der Waals surface area contributed by atoms with Crippen molar-refractivity contribution >= 4 is 33.4 Å². The Hall–Kier alpha value is -1.86. The van der Waals surface area contributed by atoms with Crippen LogP contribution < -0.4 is 5.56 Å². The summed E-state index contributed by atoms with van der Waals surface area (Å²) >= 11 is 2.93. The maximum Gasteiger partial charge on any atom is 0.253 e. The lowest BCUT2D eigenvalue weighted by Crippen LogP contribution is -2.02. The summed E-state index contributed by atoms with van der Waals surface area (Å²) in [7, 11) is 0. The third-order valence-electron chi connectivity index (χ3n) is 2.46. The highest BCUT2D eigenvalue weighted by Gasteiger charge is 2.09. The van der Waals surface area contributed by atoms with Gasteiger partial charge in [0.1, 0.15) is 10.4 Å². The molecule has 2 N–H and O–H groups in total. The minimum atomic E-state index is -0.346. The number of hydrogen-bond donors (Lipinski definition) is 2. The predicted molar refractivity (Wildman–Crippen MR) is 75.7 cm³/mol. The van der Waals surface area contributed by atoms with E-state index in [-0.39, 0.29) is 11.3 Å². The zero-order chi connectivity index (χ0) is 13.2. The van der Waals surface area contributed by atoms with Crippen molar-refractivity contribution in [2.75, 3.05) is 0 Å². The third kappa shape index (κ3) is 2.61. The summed E-state index contributed by atoms with van der Waals surface area (Å²) in [4.78, 5) is 22.1. The molecule has 0 aromatic carbocycles. The molecule has 0 radical (unpaired) electrons. The quantitative estimate of drug-likeness (QED) is 0.724. The summed E-state index contributed by atoms with van der Waals surface area (Å²) in [5.41, 5.74) is 1.24. The first kappa shape index (κ1) is 12.2. The molecule has 3 rings (SSSR count). The molecule has 0 aliphatic rings. The number of rotatable bonds is 3. The lowest BCUT2D eigenvalue weighted by molar-refractivity contribution is 0.481. The maximum atomic E-state index is 11.2. The van der Waals surface area contributed by atoms with Crippen LogP contribution >= 0.6 is 23.1 Å². The van der Waals surface area contributed by atoms with E-state index in [4.69, 9.17) is 0 Å². The second-order valence-corrected chi connectivity index (χ2v) is 6.04. The molecule has 3 heterocycles. The summed E-state index contributed by atoms with van der Waals surface area (Å²) in [5.74, 6) is 0.750. The number of thiazole rings is 1. The van der Waals surface area contributed by atoms with Gasteiger partial charge in [0, 0.05) is 24.2 Å². The summed E-state index contributed by atoms with van der Waals surface area (Å²) < 4.78 is 1.42. The van der Waals surface area contributed by atoms with Crippen LogP contribution in [0.1, 0.15) is 5.56 Å². The largest absolute Gasteiger partial charge is 0.506 e. The van der Waals surface area contributed by atoms with Gasteiger partial charge in [0.05, 0.1) is 0 Å². The smallest absolute Gasteiger partial charge is 0.253 e. The molecule has 0 atom stereocenters. The number of aromatic nitrogens is 3. The van der Waals surface area contributed by atoms with Crippen LogP contribution in [0.15, 0.2) is 39.7 Å². The molecule has 0 amide bonds. The van der Waals surface area contributed by atoms with Gasteiger partial charge in [0.25, 0.3) is 5.56 Å². The van der Waals surface area contributed by atoms with Crippen LogP contribution in [0.4, 0.5) is 0 Å². The zero-order valence-electron chi connectivity index (χ0n) is 9.66. The molecule has 0 fully saturated rings. The first-order valence-electron chi connectivity index (χ1n) is 5.47. The van der Waals surface area contributed by atoms with Gasteiger partial charge in [-0.05, 0) is 17.7 Å². The highest BCUT2D eigenvalue weighted by Crippen LogP contribution is 2.34. The number of thioether (sulfide) groups is 1. The lowest BCUT2D eigenvalue weighted by Gasteiger charge is -1.96. The Balaban J connectivity index is 1.86. The van der Waals surface area contributed by atoms with Gasteiger partial charge in [-0.1, -0.05) is 11.8 Å². The fraction of sp³-hybridized carbons (Fsp3) is 0.0833. The van der Waals surface area contributed by atoms with Crippen LogP contribution in [0.2, 0.25) is 0 Å². The molecule has 3 aromatic rings. The number of nitrogens with zero attached hydrogens (tertiary/aromatic N) is 2. The van der Waals surface area contributed by atoms with Crippen molar-refractivity contribution in [2.45, 2.75) is 10.1 Å². The summed E-state index contributed by atoms with van der Waals surface area (Å²) in [6.07, 6.45) is 3.50. The van der Waals surface area contributed by atoms with Crippen molar-refractivity contribution < 1.29 is 5.11 Å². The molecule has 0 bridgehead atoms. The molecule has 19 heavy (non-hydrogen) atoms. The SMILES string of the molecule is O=c1cc(O)c2sc(SCc3ccncc3)nc2[nH]1. The predicted octanol–water partition coefficient (Wildman–Crippen LogP) is 2.38. The topological polar surface area (TPSA) is 78.9 Å². The van der Waals surface area contributed by atoms with E-state index in [1.54, 1.807) is 24.2 Å². The molecular weight excluding hydrogens is 282 g/mol. The van der Waals surface area contributed by atoms with Gasteiger partial charge < -0.3 is 10.1 Å². The summed E-state index contributed by atoms with van der Waals surface area (Å²) in [5, 5.41) is 9.68. The van der Waals surface area contributed by atoms with Crippen molar-refractivity contribution in [3.05, 3.63) is 46.5 Å². The highest BCUT2D eigenvalue weighted by atomic mass is 32.2. The van der Waals surface area contributed by atoms with Crippen molar-refractivity contribution in [1.82, 2.24) is 15.0 Å². The van der Waals surface area contributed by atoms with Gasteiger partial charge >= 0.3 is 0 Å². The Labute approximate surface area is 116 Å². The molecule has 0 saturated carbocycles.